The van der Waals surface area contributed by atoms with Gasteiger partial charge in [-0.05, 0) is 39.6 Å². The van der Waals surface area contributed by atoms with E-state index in [0.717, 1.165) is 16.1 Å². The van der Waals surface area contributed by atoms with E-state index in [2.05, 4.69) is 36.4 Å². The second kappa shape index (κ2) is 5.04. The van der Waals surface area contributed by atoms with Gasteiger partial charge in [0.05, 0.1) is 0 Å². The summed E-state index contributed by atoms with van der Waals surface area (Å²) in [5.41, 5.74) is 9.25. The Labute approximate surface area is 117 Å². The van der Waals surface area contributed by atoms with Crippen LogP contribution in [-0.4, -0.2) is 0 Å². The molecule has 0 aromatic heterocycles. The highest BCUT2D eigenvalue weighted by Gasteiger charge is 2.08. The van der Waals surface area contributed by atoms with E-state index >= 15 is 0 Å². The Balaban J connectivity index is 2.33. The molecule has 0 saturated heterocycles. The minimum atomic E-state index is 0.510. The van der Waals surface area contributed by atoms with Crippen LogP contribution in [-0.2, 0) is 6.54 Å². The fourth-order valence-corrected chi connectivity index (χ4v) is 2.61. The van der Waals surface area contributed by atoms with Crippen molar-refractivity contribution in [1.82, 2.24) is 0 Å². The summed E-state index contributed by atoms with van der Waals surface area (Å²) in [7, 11) is 0. The van der Waals surface area contributed by atoms with Crippen molar-refractivity contribution in [2.24, 2.45) is 5.73 Å². The van der Waals surface area contributed by atoms with Gasteiger partial charge >= 0.3 is 0 Å². The molecular weight excluding hydrogens is 254 g/mol. The van der Waals surface area contributed by atoms with Crippen molar-refractivity contribution < 1.29 is 0 Å². The van der Waals surface area contributed by atoms with Gasteiger partial charge in [0.1, 0.15) is 0 Å². The Bertz CT molecular complexity index is 729. The molecule has 3 aromatic rings. The highest BCUT2D eigenvalue weighted by Crippen LogP contribution is 2.32. The molecule has 0 atom stereocenters. The summed E-state index contributed by atoms with van der Waals surface area (Å²) in [6.07, 6.45) is 0. The number of nitrogens with two attached hydrogens (primary N) is 1. The van der Waals surface area contributed by atoms with Crippen LogP contribution < -0.4 is 5.73 Å². The summed E-state index contributed by atoms with van der Waals surface area (Å²) in [6.45, 7) is 0.510. The number of hydrogen-bond acceptors (Lipinski definition) is 1. The maximum atomic E-state index is 6.13. The van der Waals surface area contributed by atoms with Crippen LogP contribution in [0.2, 0.25) is 5.02 Å². The van der Waals surface area contributed by atoms with Crippen molar-refractivity contribution in [3.63, 3.8) is 0 Å². The molecule has 19 heavy (non-hydrogen) atoms. The average Bonchev–Trinajstić information content (AvgIpc) is 2.46. The Hall–Kier alpha value is -1.83. The third-order valence-corrected chi connectivity index (χ3v) is 3.61. The first kappa shape index (κ1) is 12.2. The first-order valence-corrected chi connectivity index (χ1v) is 6.64. The van der Waals surface area contributed by atoms with Crippen LogP contribution >= 0.6 is 11.6 Å². The van der Waals surface area contributed by atoms with Gasteiger partial charge < -0.3 is 5.73 Å². The molecule has 0 aliphatic rings. The van der Waals surface area contributed by atoms with Gasteiger partial charge in [0, 0.05) is 11.6 Å². The topological polar surface area (TPSA) is 26.0 Å². The molecule has 0 saturated carbocycles. The van der Waals surface area contributed by atoms with E-state index < -0.39 is 0 Å². The van der Waals surface area contributed by atoms with Crippen molar-refractivity contribution in [3.8, 4) is 11.1 Å². The number of fused-ring (bicyclic) bond motifs is 1. The van der Waals surface area contributed by atoms with Gasteiger partial charge in [-0.25, -0.2) is 0 Å². The van der Waals surface area contributed by atoms with Crippen LogP contribution in [0.15, 0.2) is 60.7 Å². The van der Waals surface area contributed by atoms with E-state index in [4.69, 9.17) is 17.3 Å². The molecular formula is C17H14ClN. The number of benzene rings is 3. The Morgan fingerprint density at radius 3 is 2.47 bits per heavy atom. The second-order valence-corrected chi connectivity index (χ2v) is 4.97. The van der Waals surface area contributed by atoms with E-state index in [-0.39, 0.29) is 0 Å². The van der Waals surface area contributed by atoms with Crippen LogP contribution in [0.4, 0.5) is 0 Å². The minimum absolute atomic E-state index is 0.510. The lowest BCUT2D eigenvalue weighted by Gasteiger charge is -2.11. The van der Waals surface area contributed by atoms with Crippen molar-refractivity contribution in [3.05, 3.63) is 71.2 Å². The summed E-state index contributed by atoms with van der Waals surface area (Å²) in [5.74, 6) is 0. The number of rotatable bonds is 2. The fraction of sp³-hybridized carbons (Fsp3) is 0.0588. The molecule has 2 heteroatoms. The third kappa shape index (κ3) is 2.23. The van der Waals surface area contributed by atoms with Gasteiger partial charge in [-0.15, -0.1) is 0 Å². The maximum absolute atomic E-state index is 6.13. The molecule has 3 aromatic carbocycles. The first-order chi connectivity index (χ1) is 9.29. The monoisotopic (exact) mass is 267 g/mol. The predicted molar refractivity (Wildman–Crippen MR) is 82.3 cm³/mol. The van der Waals surface area contributed by atoms with Gasteiger partial charge in [0.25, 0.3) is 0 Å². The second-order valence-electron chi connectivity index (χ2n) is 4.53. The normalized spacial score (nSPS) is 10.8. The first-order valence-electron chi connectivity index (χ1n) is 6.26. The zero-order chi connectivity index (χ0) is 13.2. The largest absolute Gasteiger partial charge is 0.326 e. The molecule has 0 aliphatic heterocycles. The van der Waals surface area contributed by atoms with E-state index in [1.807, 2.05) is 24.3 Å². The van der Waals surface area contributed by atoms with E-state index in [1.54, 1.807) is 0 Å². The molecule has 0 aliphatic carbocycles. The summed E-state index contributed by atoms with van der Waals surface area (Å²) in [4.78, 5) is 0. The highest BCUT2D eigenvalue weighted by molar-refractivity contribution is 6.31. The quantitative estimate of drug-likeness (QED) is 0.720. The maximum Gasteiger partial charge on any atom is 0.0412 e. The Morgan fingerprint density at radius 2 is 1.63 bits per heavy atom. The smallest absolute Gasteiger partial charge is 0.0412 e. The minimum Gasteiger partial charge on any atom is -0.326 e. The van der Waals surface area contributed by atoms with Crippen molar-refractivity contribution in [2.45, 2.75) is 6.54 Å². The molecule has 0 amide bonds. The number of hydrogen-bond donors (Lipinski definition) is 1. The van der Waals surface area contributed by atoms with Gasteiger partial charge in [0.2, 0.25) is 0 Å². The number of halogens is 1. The molecule has 0 radical (unpaired) electrons. The summed E-state index contributed by atoms with van der Waals surface area (Å²) >= 11 is 6.13. The Morgan fingerprint density at radius 1 is 0.842 bits per heavy atom. The van der Waals surface area contributed by atoms with Crippen LogP contribution in [0, 0.1) is 0 Å². The molecule has 2 N–H and O–H groups in total. The average molecular weight is 268 g/mol. The molecule has 0 spiro atoms. The summed E-state index contributed by atoms with van der Waals surface area (Å²) in [6, 6.07) is 20.5. The van der Waals surface area contributed by atoms with Crippen molar-refractivity contribution >= 4 is 22.4 Å². The zero-order valence-corrected chi connectivity index (χ0v) is 11.2. The lowest BCUT2D eigenvalue weighted by molar-refractivity contribution is 1.07. The zero-order valence-electron chi connectivity index (χ0n) is 10.4. The highest BCUT2D eigenvalue weighted by atomic mass is 35.5. The predicted octanol–water partition coefficient (Wildman–Crippen LogP) is 4.62. The van der Waals surface area contributed by atoms with Crippen molar-refractivity contribution in [2.75, 3.05) is 0 Å². The van der Waals surface area contributed by atoms with E-state index in [1.165, 1.54) is 16.3 Å². The van der Waals surface area contributed by atoms with E-state index in [0.29, 0.717) is 6.54 Å². The lowest BCUT2D eigenvalue weighted by Crippen LogP contribution is -1.99. The van der Waals surface area contributed by atoms with Crippen LogP contribution in [0.5, 0.6) is 0 Å². The molecule has 0 bridgehead atoms. The molecule has 0 unspecified atom stereocenters. The van der Waals surface area contributed by atoms with Crippen LogP contribution in [0.25, 0.3) is 21.9 Å². The Kier molecular flexibility index (Phi) is 3.24. The SMILES string of the molecule is NCc1ccc(Cl)cc1-c1cccc2ccccc12. The summed E-state index contributed by atoms with van der Waals surface area (Å²) in [5, 5.41) is 3.19. The van der Waals surface area contributed by atoms with E-state index in [9.17, 15) is 0 Å². The third-order valence-electron chi connectivity index (χ3n) is 3.37. The molecule has 0 heterocycles. The van der Waals surface area contributed by atoms with Crippen molar-refractivity contribution in [1.29, 1.82) is 0 Å². The molecule has 94 valence electrons. The molecule has 1 nitrogen and oxygen atoms in total. The fourth-order valence-electron chi connectivity index (χ4n) is 2.44. The van der Waals surface area contributed by atoms with Gasteiger partial charge in [-0.3, -0.25) is 0 Å². The van der Waals surface area contributed by atoms with Crippen LogP contribution in [0.1, 0.15) is 5.56 Å². The molecule has 3 rings (SSSR count). The molecule has 0 fully saturated rings. The van der Waals surface area contributed by atoms with Crippen LogP contribution in [0.3, 0.4) is 0 Å². The standard InChI is InChI=1S/C17H14ClN/c18-14-9-8-13(11-19)17(10-14)16-7-3-5-12-4-1-2-6-15(12)16/h1-10H,11,19H2. The van der Waals surface area contributed by atoms with Gasteiger partial charge in [0.15, 0.2) is 0 Å². The van der Waals surface area contributed by atoms with Gasteiger partial charge in [-0.1, -0.05) is 60.1 Å². The summed E-state index contributed by atoms with van der Waals surface area (Å²) < 4.78 is 0. The van der Waals surface area contributed by atoms with Gasteiger partial charge in [-0.2, -0.15) is 0 Å². The lowest BCUT2D eigenvalue weighted by atomic mass is 9.95.